The fourth-order valence-electron chi connectivity index (χ4n) is 1.34. The standard InChI is InChI=1S/C11H9ClN2O4S2/c12-7-1-3-8(4-2-7)20(17,18)13-5-10-14-9(6-19-10)11(15)16/h1-4,6,13H,5H2,(H,15,16). The average Bonchev–Trinajstić information content (AvgIpc) is 2.86. The molecule has 0 radical (unpaired) electrons. The largest absolute Gasteiger partial charge is 0.476 e. The van der Waals surface area contributed by atoms with E-state index in [9.17, 15) is 13.2 Å². The summed E-state index contributed by atoms with van der Waals surface area (Å²) in [6.45, 7) is -0.0666. The van der Waals surface area contributed by atoms with Crippen molar-refractivity contribution in [3.8, 4) is 0 Å². The number of carboxylic acid groups (broad SMARTS) is 1. The van der Waals surface area contributed by atoms with Gasteiger partial charge in [-0.05, 0) is 24.3 Å². The maximum absolute atomic E-state index is 12.0. The van der Waals surface area contributed by atoms with Gasteiger partial charge in [0.15, 0.2) is 5.69 Å². The van der Waals surface area contributed by atoms with Crippen LogP contribution in [-0.2, 0) is 16.6 Å². The molecule has 1 aromatic heterocycles. The number of carbonyl (C=O) groups is 1. The zero-order valence-electron chi connectivity index (χ0n) is 9.91. The minimum Gasteiger partial charge on any atom is -0.476 e. The fourth-order valence-corrected chi connectivity index (χ4v) is 3.26. The molecular formula is C11H9ClN2O4S2. The van der Waals surface area contributed by atoms with Crippen molar-refractivity contribution in [2.45, 2.75) is 11.4 Å². The van der Waals surface area contributed by atoms with Gasteiger partial charge < -0.3 is 5.11 Å². The highest BCUT2D eigenvalue weighted by molar-refractivity contribution is 7.89. The van der Waals surface area contributed by atoms with Crippen LogP contribution < -0.4 is 4.72 Å². The zero-order chi connectivity index (χ0) is 14.8. The van der Waals surface area contributed by atoms with Gasteiger partial charge >= 0.3 is 5.97 Å². The molecule has 20 heavy (non-hydrogen) atoms. The lowest BCUT2D eigenvalue weighted by Gasteiger charge is -2.05. The third-order valence-corrected chi connectivity index (χ3v) is 4.83. The first-order chi connectivity index (χ1) is 9.38. The van der Waals surface area contributed by atoms with E-state index in [0.717, 1.165) is 11.3 Å². The molecule has 1 heterocycles. The number of rotatable bonds is 5. The van der Waals surface area contributed by atoms with Gasteiger partial charge in [-0.1, -0.05) is 11.6 Å². The Kier molecular flexibility index (Phi) is 4.39. The minimum atomic E-state index is -3.68. The molecule has 0 fully saturated rings. The number of sulfonamides is 1. The summed E-state index contributed by atoms with van der Waals surface area (Å²) in [5.74, 6) is -1.15. The van der Waals surface area contributed by atoms with E-state index in [2.05, 4.69) is 9.71 Å². The Balaban J connectivity index is 2.08. The number of hydrogen-bond donors (Lipinski definition) is 2. The van der Waals surface area contributed by atoms with Crippen LogP contribution in [0.4, 0.5) is 0 Å². The van der Waals surface area contributed by atoms with E-state index in [0.29, 0.717) is 10.0 Å². The normalized spacial score (nSPS) is 11.4. The van der Waals surface area contributed by atoms with Crippen molar-refractivity contribution in [2.75, 3.05) is 0 Å². The molecule has 0 saturated heterocycles. The number of nitrogens with zero attached hydrogens (tertiary/aromatic N) is 1. The van der Waals surface area contributed by atoms with Crippen molar-refractivity contribution in [2.24, 2.45) is 0 Å². The lowest BCUT2D eigenvalue weighted by Crippen LogP contribution is -2.23. The summed E-state index contributed by atoms with van der Waals surface area (Å²) in [7, 11) is -3.68. The summed E-state index contributed by atoms with van der Waals surface area (Å²) in [6, 6.07) is 5.72. The summed E-state index contributed by atoms with van der Waals surface area (Å²) in [5.41, 5.74) is -0.101. The summed E-state index contributed by atoms with van der Waals surface area (Å²) in [6.07, 6.45) is 0. The molecule has 0 aliphatic heterocycles. The van der Waals surface area contributed by atoms with Crippen LogP contribution in [0.25, 0.3) is 0 Å². The van der Waals surface area contributed by atoms with Crippen LogP contribution in [0.5, 0.6) is 0 Å². The second-order valence-corrected chi connectivity index (χ2v) is 6.86. The Morgan fingerprint density at radius 1 is 1.35 bits per heavy atom. The van der Waals surface area contributed by atoms with Gasteiger partial charge in [0, 0.05) is 10.4 Å². The van der Waals surface area contributed by atoms with Gasteiger partial charge in [-0.15, -0.1) is 11.3 Å². The number of nitrogens with one attached hydrogen (secondary N) is 1. The third-order valence-electron chi connectivity index (χ3n) is 2.31. The number of benzene rings is 1. The molecule has 0 spiro atoms. The molecule has 0 bridgehead atoms. The highest BCUT2D eigenvalue weighted by Gasteiger charge is 2.15. The first kappa shape index (κ1) is 14.9. The topological polar surface area (TPSA) is 96.4 Å². The van der Waals surface area contributed by atoms with Gasteiger partial charge in [-0.25, -0.2) is 22.9 Å². The minimum absolute atomic E-state index is 0.0666. The van der Waals surface area contributed by atoms with E-state index in [1.165, 1.54) is 29.6 Å². The molecular weight excluding hydrogens is 324 g/mol. The number of carboxylic acids is 1. The Hall–Kier alpha value is -1.48. The quantitative estimate of drug-likeness (QED) is 0.872. The highest BCUT2D eigenvalue weighted by atomic mass is 35.5. The van der Waals surface area contributed by atoms with Gasteiger partial charge in [-0.3, -0.25) is 0 Å². The Morgan fingerprint density at radius 3 is 2.55 bits per heavy atom. The molecule has 2 rings (SSSR count). The summed E-state index contributed by atoms with van der Waals surface area (Å²) in [5, 5.41) is 10.9. The van der Waals surface area contributed by atoms with E-state index in [1.807, 2.05) is 0 Å². The lowest BCUT2D eigenvalue weighted by atomic mass is 10.4. The average molecular weight is 333 g/mol. The third kappa shape index (κ3) is 3.54. The molecule has 0 atom stereocenters. The second kappa shape index (κ2) is 5.88. The number of aromatic carboxylic acids is 1. The van der Waals surface area contributed by atoms with E-state index in [4.69, 9.17) is 16.7 Å². The molecule has 1 aromatic carbocycles. The predicted molar refractivity (Wildman–Crippen MR) is 74.6 cm³/mol. The molecule has 0 unspecified atom stereocenters. The molecule has 0 aliphatic rings. The number of thiazole rings is 1. The first-order valence-electron chi connectivity index (χ1n) is 5.31. The first-order valence-corrected chi connectivity index (χ1v) is 8.05. The van der Waals surface area contributed by atoms with Crippen LogP contribution >= 0.6 is 22.9 Å². The van der Waals surface area contributed by atoms with E-state index >= 15 is 0 Å². The molecule has 0 amide bonds. The molecule has 2 N–H and O–H groups in total. The van der Waals surface area contributed by atoms with Gasteiger partial charge in [0.1, 0.15) is 5.01 Å². The maximum Gasteiger partial charge on any atom is 0.355 e. The Morgan fingerprint density at radius 2 is 2.00 bits per heavy atom. The SMILES string of the molecule is O=C(O)c1csc(CNS(=O)(=O)c2ccc(Cl)cc2)n1. The van der Waals surface area contributed by atoms with Gasteiger partial charge in [0.25, 0.3) is 0 Å². The van der Waals surface area contributed by atoms with E-state index < -0.39 is 16.0 Å². The zero-order valence-corrected chi connectivity index (χ0v) is 12.3. The van der Waals surface area contributed by atoms with Gasteiger partial charge in [-0.2, -0.15) is 0 Å². The summed E-state index contributed by atoms with van der Waals surface area (Å²) < 4.78 is 26.3. The highest BCUT2D eigenvalue weighted by Crippen LogP contribution is 2.15. The Bertz CT molecular complexity index is 725. The number of hydrogen-bond acceptors (Lipinski definition) is 5. The number of aromatic nitrogens is 1. The monoisotopic (exact) mass is 332 g/mol. The van der Waals surface area contributed by atoms with Crippen LogP contribution in [0.2, 0.25) is 5.02 Å². The second-order valence-electron chi connectivity index (χ2n) is 3.71. The van der Waals surface area contributed by atoms with Gasteiger partial charge in [0.05, 0.1) is 11.4 Å². The van der Waals surface area contributed by atoms with Crippen LogP contribution in [0.1, 0.15) is 15.5 Å². The molecule has 106 valence electrons. The van der Waals surface area contributed by atoms with Crippen LogP contribution in [0.15, 0.2) is 34.5 Å². The van der Waals surface area contributed by atoms with Crippen molar-refractivity contribution >= 4 is 38.9 Å². The van der Waals surface area contributed by atoms with Crippen LogP contribution in [0, 0.1) is 0 Å². The summed E-state index contributed by atoms with van der Waals surface area (Å²) >= 11 is 6.76. The van der Waals surface area contributed by atoms with Crippen molar-refractivity contribution in [3.63, 3.8) is 0 Å². The molecule has 9 heteroatoms. The Labute approximate surface area is 124 Å². The van der Waals surface area contributed by atoms with Crippen molar-refractivity contribution in [1.29, 1.82) is 0 Å². The van der Waals surface area contributed by atoms with Crippen LogP contribution in [-0.4, -0.2) is 24.5 Å². The predicted octanol–water partition coefficient (Wildman–Crippen LogP) is 1.97. The van der Waals surface area contributed by atoms with Crippen molar-refractivity contribution in [3.05, 3.63) is 45.4 Å². The van der Waals surface area contributed by atoms with Crippen LogP contribution in [0.3, 0.4) is 0 Å². The lowest BCUT2D eigenvalue weighted by molar-refractivity contribution is 0.0691. The van der Waals surface area contributed by atoms with Crippen molar-refractivity contribution in [1.82, 2.24) is 9.71 Å². The summed E-state index contributed by atoms with van der Waals surface area (Å²) in [4.78, 5) is 14.5. The van der Waals surface area contributed by atoms with E-state index in [-0.39, 0.29) is 17.1 Å². The van der Waals surface area contributed by atoms with Gasteiger partial charge in [0.2, 0.25) is 10.0 Å². The molecule has 6 nitrogen and oxygen atoms in total. The molecule has 2 aromatic rings. The van der Waals surface area contributed by atoms with Crippen molar-refractivity contribution < 1.29 is 18.3 Å². The fraction of sp³-hybridized carbons (Fsp3) is 0.0909. The smallest absolute Gasteiger partial charge is 0.355 e. The van der Waals surface area contributed by atoms with E-state index in [1.54, 1.807) is 0 Å². The maximum atomic E-state index is 12.0. The number of halogens is 1. The molecule has 0 saturated carbocycles. The molecule has 0 aliphatic carbocycles.